The molecule has 1 aromatic rings. The van der Waals surface area contributed by atoms with E-state index >= 15 is 0 Å². The smallest absolute Gasteiger partial charge is 0.416 e. The summed E-state index contributed by atoms with van der Waals surface area (Å²) in [6.45, 7) is -0.825. The molecule has 0 radical (unpaired) electrons. The van der Waals surface area contributed by atoms with E-state index in [2.05, 4.69) is 0 Å². The molecule has 2 N–H and O–H groups in total. The molecule has 0 aliphatic carbocycles. The van der Waals surface area contributed by atoms with Gasteiger partial charge in [0.1, 0.15) is 5.75 Å². The predicted molar refractivity (Wildman–Crippen MR) is 44.0 cm³/mol. The normalized spacial score (nSPS) is 11.8. The summed E-state index contributed by atoms with van der Waals surface area (Å²) in [5.41, 5.74) is -1.55. The number of halogens is 4. The lowest BCUT2D eigenvalue weighted by Crippen LogP contribution is -2.09. The second kappa shape index (κ2) is 3.67. The van der Waals surface area contributed by atoms with Crippen LogP contribution in [0.5, 0.6) is 5.75 Å². The van der Waals surface area contributed by atoms with Crippen molar-refractivity contribution in [3.8, 4) is 5.75 Å². The van der Waals surface area contributed by atoms with Gasteiger partial charge >= 0.3 is 6.18 Å². The maximum atomic E-state index is 12.3. The van der Waals surface area contributed by atoms with Crippen molar-refractivity contribution in [2.75, 3.05) is 0 Å². The van der Waals surface area contributed by atoms with Crippen LogP contribution >= 0.6 is 11.6 Å². The maximum absolute atomic E-state index is 12.3. The standard InChI is InChI=1S/C8H6ClF3O2/c9-7-2-4(14)1-6(5(7)3-13)8(10,11)12/h1-2,13-14H,3H2. The van der Waals surface area contributed by atoms with Crippen molar-refractivity contribution in [2.24, 2.45) is 0 Å². The summed E-state index contributed by atoms with van der Waals surface area (Å²) in [5, 5.41) is 17.3. The molecule has 0 atom stereocenters. The Bertz CT molecular complexity index is 349. The fourth-order valence-electron chi connectivity index (χ4n) is 1.04. The van der Waals surface area contributed by atoms with Gasteiger partial charge in [0.15, 0.2) is 0 Å². The van der Waals surface area contributed by atoms with Crippen molar-refractivity contribution >= 4 is 11.6 Å². The van der Waals surface area contributed by atoms with Gasteiger partial charge in [-0.25, -0.2) is 0 Å². The number of alkyl halides is 3. The minimum absolute atomic E-state index is 0.306. The number of aromatic hydroxyl groups is 1. The van der Waals surface area contributed by atoms with Crippen molar-refractivity contribution in [2.45, 2.75) is 12.8 Å². The van der Waals surface area contributed by atoms with Crippen molar-refractivity contribution in [1.29, 1.82) is 0 Å². The third-order valence-electron chi connectivity index (χ3n) is 1.64. The zero-order valence-electron chi connectivity index (χ0n) is 6.77. The summed E-state index contributed by atoms with van der Waals surface area (Å²) in [6.07, 6.45) is -4.64. The van der Waals surface area contributed by atoms with Crippen LogP contribution in [0.4, 0.5) is 13.2 Å². The Morgan fingerprint density at radius 2 is 1.86 bits per heavy atom. The number of aliphatic hydroxyl groups excluding tert-OH is 1. The highest BCUT2D eigenvalue weighted by atomic mass is 35.5. The first kappa shape index (κ1) is 11.1. The molecule has 0 bridgehead atoms. The van der Waals surface area contributed by atoms with Crippen LogP contribution in [0.3, 0.4) is 0 Å². The first-order valence-corrected chi connectivity index (χ1v) is 3.93. The SMILES string of the molecule is OCc1c(Cl)cc(O)cc1C(F)(F)F. The highest BCUT2D eigenvalue weighted by Gasteiger charge is 2.34. The molecule has 0 fully saturated rings. The van der Waals surface area contributed by atoms with Crippen molar-refractivity contribution in [3.05, 3.63) is 28.3 Å². The molecule has 0 saturated heterocycles. The van der Waals surface area contributed by atoms with Crippen LogP contribution in [0.25, 0.3) is 0 Å². The van der Waals surface area contributed by atoms with E-state index in [9.17, 15) is 13.2 Å². The van der Waals surface area contributed by atoms with Gasteiger partial charge in [0.25, 0.3) is 0 Å². The number of aliphatic hydroxyl groups is 1. The highest BCUT2D eigenvalue weighted by Crippen LogP contribution is 2.37. The number of rotatable bonds is 1. The molecule has 1 rings (SSSR count). The lowest BCUT2D eigenvalue weighted by Gasteiger charge is -2.12. The summed E-state index contributed by atoms with van der Waals surface area (Å²) < 4.78 is 36.9. The van der Waals surface area contributed by atoms with E-state index in [0.717, 1.165) is 6.07 Å². The van der Waals surface area contributed by atoms with Crippen LogP contribution < -0.4 is 0 Å². The van der Waals surface area contributed by atoms with E-state index < -0.39 is 29.7 Å². The predicted octanol–water partition coefficient (Wildman–Crippen LogP) is 2.56. The zero-order valence-corrected chi connectivity index (χ0v) is 7.52. The van der Waals surface area contributed by atoms with E-state index in [4.69, 9.17) is 21.8 Å². The molecule has 0 heterocycles. The minimum atomic E-state index is -4.64. The van der Waals surface area contributed by atoms with E-state index in [-0.39, 0.29) is 5.02 Å². The summed E-state index contributed by atoms with van der Waals surface area (Å²) >= 11 is 5.42. The fourth-order valence-corrected chi connectivity index (χ4v) is 1.31. The molecule has 14 heavy (non-hydrogen) atoms. The van der Waals surface area contributed by atoms with Crippen molar-refractivity contribution in [3.63, 3.8) is 0 Å². The molecule has 0 saturated carbocycles. The quantitative estimate of drug-likeness (QED) is 0.773. The number of phenols is 1. The number of phenolic OH excluding ortho intramolecular Hbond substituents is 1. The number of hydrogen-bond acceptors (Lipinski definition) is 2. The third kappa shape index (κ3) is 2.10. The number of hydrogen-bond donors (Lipinski definition) is 2. The fraction of sp³-hybridized carbons (Fsp3) is 0.250. The van der Waals surface area contributed by atoms with Gasteiger partial charge in [-0.1, -0.05) is 11.6 Å². The van der Waals surface area contributed by atoms with Crippen molar-refractivity contribution in [1.82, 2.24) is 0 Å². The Morgan fingerprint density at radius 3 is 2.29 bits per heavy atom. The van der Waals surface area contributed by atoms with E-state index in [1.165, 1.54) is 0 Å². The first-order valence-electron chi connectivity index (χ1n) is 3.55. The average Bonchev–Trinajstić information content (AvgIpc) is 2.01. The lowest BCUT2D eigenvalue weighted by molar-refractivity contribution is -0.138. The van der Waals surface area contributed by atoms with Gasteiger partial charge in [-0.15, -0.1) is 0 Å². The Hall–Kier alpha value is -0.940. The van der Waals surface area contributed by atoms with Gasteiger partial charge in [0.2, 0.25) is 0 Å². The summed E-state index contributed by atoms with van der Waals surface area (Å²) in [5.74, 6) is -0.584. The molecule has 0 spiro atoms. The van der Waals surface area contributed by atoms with Crippen molar-refractivity contribution < 1.29 is 23.4 Å². The molecular formula is C8H6ClF3O2. The van der Waals surface area contributed by atoms with Gasteiger partial charge in [-0.3, -0.25) is 0 Å². The lowest BCUT2D eigenvalue weighted by atomic mass is 10.1. The summed E-state index contributed by atoms with van der Waals surface area (Å²) in [7, 11) is 0. The van der Waals surface area contributed by atoms with E-state index in [0.29, 0.717) is 6.07 Å². The average molecular weight is 227 g/mol. The topological polar surface area (TPSA) is 40.5 Å². The molecular weight excluding hydrogens is 221 g/mol. The van der Waals surface area contributed by atoms with Gasteiger partial charge in [-0.2, -0.15) is 13.2 Å². The molecule has 0 unspecified atom stereocenters. The van der Waals surface area contributed by atoms with Crippen LogP contribution in [0.2, 0.25) is 5.02 Å². The van der Waals surface area contributed by atoms with Crippen LogP contribution in [-0.2, 0) is 12.8 Å². The third-order valence-corrected chi connectivity index (χ3v) is 1.98. The van der Waals surface area contributed by atoms with E-state index in [1.807, 2.05) is 0 Å². The summed E-state index contributed by atoms with van der Waals surface area (Å²) in [6, 6.07) is 1.47. The molecule has 0 aliphatic heterocycles. The molecule has 0 amide bonds. The zero-order chi connectivity index (χ0) is 10.9. The molecule has 78 valence electrons. The van der Waals surface area contributed by atoms with Crippen LogP contribution in [0.15, 0.2) is 12.1 Å². The Labute approximate surface area is 82.5 Å². The molecule has 0 aliphatic rings. The molecule has 1 aromatic carbocycles. The monoisotopic (exact) mass is 226 g/mol. The second-order valence-electron chi connectivity index (χ2n) is 2.61. The van der Waals surface area contributed by atoms with Crippen LogP contribution in [0.1, 0.15) is 11.1 Å². The van der Waals surface area contributed by atoms with Crippen LogP contribution in [-0.4, -0.2) is 10.2 Å². The molecule has 0 aromatic heterocycles. The highest BCUT2D eigenvalue weighted by molar-refractivity contribution is 6.31. The minimum Gasteiger partial charge on any atom is -0.508 e. The Morgan fingerprint density at radius 1 is 1.29 bits per heavy atom. The maximum Gasteiger partial charge on any atom is 0.416 e. The Balaban J connectivity index is 3.40. The molecule has 6 heteroatoms. The Kier molecular flexibility index (Phi) is 2.92. The summed E-state index contributed by atoms with van der Waals surface area (Å²) in [4.78, 5) is 0. The molecule has 2 nitrogen and oxygen atoms in total. The first-order chi connectivity index (χ1) is 6.36. The van der Waals surface area contributed by atoms with Gasteiger partial charge < -0.3 is 10.2 Å². The second-order valence-corrected chi connectivity index (χ2v) is 3.02. The van der Waals surface area contributed by atoms with Gasteiger partial charge in [0, 0.05) is 5.56 Å². The van der Waals surface area contributed by atoms with Crippen LogP contribution in [0, 0.1) is 0 Å². The van der Waals surface area contributed by atoms with Gasteiger partial charge in [-0.05, 0) is 12.1 Å². The number of benzene rings is 1. The largest absolute Gasteiger partial charge is 0.508 e. The van der Waals surface area contributed by atoms with E-state index in [1.54, 1.807) is 0 Å². The van der Waals surface area contributed by atoms with Gasteiger partial charge in [0.05, 0.1) is 17.2 Å².